The summed E-state index contributed by atoms with van der Waals surface area (Å²) >= 11 is 0. The monoisotopic (exact) mass is 546 g/mol. The first-order valence-electron chi connectivity index (χ1n) is 10.9. The van der Waals surface area contributed by atoms with Crippen molar-refractivity contribution in [2.24, 2.45) is 4.99 Å². The summed E-state index contributed by atoms with van der Waals surface area (Å²) in [5, 5.41) is 7.00. The number of para-hydroxylation sites is 1. The Balaban J connectivity index is 0.00000320. The Hall–Kier alpha value is -1.16. The number of carbonyl (C=O) groups excluding carboxylic acids is 1. The number of anilines is 1. The molecule has 1 heterocycles. The van der Waals surface area contributed by atoms with Crippen LogP contribution in [0, 0.1) is 0 Å². The molecule has 8 heteroatoms. The minimum absolute atomic E-state index is 0. The van der Waals surface area contributed by atoms with E-state index in [4.69, 9.17) is 0 Å². The van der Waals surface area contributed by atoms with Gasteiger partial charge < -0.3 is 15.5 Å². The third-order valence-corrected chi connectivity index (χ3v) is 7.49. The Morgan fingerprint density at radius 1 is 1.23 bits per heavy atom. The van der Waals surface area contributed by atoms with Crippen molar-refractivity contribution in [3.63, 3.8) is 0 Å². The Morgan fingerprint density at radius 3 is 2.80 bits per heavy atom. The topological polar surface area (TPSA) is 73.8 Å². The highest BCUT2D eigenvalue weighted by molar-refractivity contribution is 14.0. The molecule has 1 amide bonds. The predicted octanol–water partition coefficient (Wildman–Crippen LogP) is 3.22. The molecule has 1 aliphatic heterocycles. The minimum atomic E-state index is -0.749. The van der Waals surface area contributed by atoms with E-state index in [1.54, 1.807) is 0 Å². The number of benzene rings is 1. The Labute approximate surface area is 200 Å². The van der Waals surface area contributed by atoms with Gasteiger partial charge in [0.15, 0.2) is 5.96 Å². The lowest BCUT2D eigenvalue weighted by Gasteiger charge is -2.30. The maximum absolute atomic E-state index is 12.9. The molecule has 1 saturated carbocycles. The second kappa shape index (κ2) is 12.6. The number of fused-ring (bicyclic) bond motifs is 1. The van der Waals surface area contributed by atoms with Crippen LogP contribution in [0.25, 0.3) is 0 Å². The van der Waals surface area contributed by atoms with E-state index in [1.165, 1.54) is 5.56 Å². The standard InChI is InChI=1S/C22H34N4O2S.HI/c1-3-23-22(25-18-11-7-12-19(15-18)29(28)4-2)24-16-21(27)26-14-8-10-17-9-5-6-13-20(17)26;/h5-6,9,13,18-19H,3-4,7-8,10-12,14-16H2,1-2H3,(H2,23,24,25);1H. The van der Waals surface area contributed by atoms with Gasteiger partial charge in [-0.1, -0.05) is 31.5 Å². The molecular formula is C22H35IN4O2S. The van der Waals surface area contributed by atoms with Gasteiger partial charge in [-0.2, -0.15) is 0 Å². The molecule has 0 radical (unpaired) electrons. The zero-order valence-electron chi connectivity index (χ0n) is 18.1. The fraction of sp³-hybridized carbons (Fsp3) is 0.636. The second-order valence-electron chi connectivity index (χ2n) is 7.77. The Bertz CT molecular complexity index is 758. The van der Waals surface area contributed by atoms with Crippen LogP contribution in [0.3, 0.4) is 0 Å². The van der Waals surface area contributed by atoms with Crippen molar-refractivity contribution < 1.29 is 9.00 Å². The molecule has 0 aromatic heterocycles. The maximum Gasteiger partial charge on any atom is 0.248 e. The van der Waals surface area contributed by atoms with E-state index < -0.39 is 10.8 Å². The van der Waals surface area contributed by atoms with E-state index in [0.717, 1.165) is 63.1 Å². The normalized spacial score (nSPS) is 22.5. The molecule has 0 bridgehead atoms. The molecule has 3 atom stereocenters. The summed E-state index contributed by atoms with van der Waals surface area (Å²) in [6, 6.07) is 8.40. The van der Waals surface area contributed by atoms with Crippen LogP contribution in [0.2, 0.25) is 0 Å². The van der Waals surface area contributed by atoms with Crippen LogP contribution in [0.5, 0.6) is 0 Å². The molecule has 6 nitrogen and oxygen atoms in total. The van der Waals surface area contributed by atoms with E-state index >= 15 is 0 Å². The van der Waals surface area contributed by atoms with E-state index in [2.05, 4.69) is 21.7 Å². The molecule has 1 aliphatic carbocycles. The number of halogens is 1. The van der Waals surface area contributed by atoms with Crippen molar-refractivity contribution in [3.8, 4) is 0 Å². The number of amides is 1. The highest BCUT2D eigenvalue weighted by atomic mass is 127. The lowest BCUT2D eigenvalue weighted by molar-refractivity contribution is -0.117. The number of hydrogen-bond donors (Lipinski definition) is 2. The predicted molar refractivity (Wildman–Crippen MR) is 136 cm³/mol. The molecule has 2 aliphatic rings. The molecule has 0 saturated heterocycles. The first-order valence-corrected chi connectivity index (χ1v) is 12.3. The number of aryl methyl sites for hydroxylation is 1. The van der Waals surface area contributed by atoms with E-state index in [0.29, 0.717) is 5.96 Å². The van der Waals surface area contributed by atoms with Gasteiger partial charge >= 0.3 is 0 Å². The summed E-state index contributed by atoms with van der Waals surface area (Å²) < 4.78 is 12.2. The van der Waals surface area contributed by atoms with Crippen LogP contribution in [0.15, 0.2) is 29.3 Å². The fourth-order valence-electron chi connectivity index (χ4n) is 4.29. The molecule has 0 spiro atoms. The molecule has 3 unspecified atom stereocenters. The van der Waals surface area contributed by atoms with Crippen LogP contribution in [-0.4, -0.2) is 52.8 Å². The first kappa shape index (κ1) is 25.1. The quantitative estimate of drug-likeness (QED) is 0.327. The average molecular weight is 547 g/mol. The van der Waals surface area contributed by atoms with Gasteiger partial charge in [-0.05, 0) is 50.7 Å². The van der Waals surface area contributed by atoms with E-state index in [1.807, 2.05) is 36.9 Å². The number of nitrogens with one attached hydrogen (secondary N) is 2. The van der Waals surface area contributed by atoms with Crippen molar-refractivity contribution in [3.05, 3.63) is 29.8 Å². The largest absolute Gasteiger partial charge is 0.357 e. The zero-order valence-corrected chi connectivity index (χ0v) is 21.2. The molecule has 168 valence electrons. The smallest absolute Gasteiger partial charge is 0.248 e. The maximum atomic E-state index is 12.9. The van der Waals surface area contributed by atoms with Crippen molar-refractivity contribution in [2.75, 3.05) is 30.3 Å². The number of aliphatic imine (C=N–C) groups is 1. The number of guanidine groups is 1. The van der Waals surface area contributed by atoms with Crippen LogP contribution < -0.4 is 15.5 Å². The van der Waals surface area contributed by atoms with Crippen LogP contribution >= 0.6 is 24.0 Å². The van der Waals surface area contributed by atoms with Gasteiger partial charge in [-0.15, -0.1) is 24.0 Å². The van der Waals surface area contributed by atoms with Gasteiger partial charge in [-0.3, -0.25) is 9.00 Å². The van der Waals surface area contributed by atoms with Crippen molar-refractivity contribution in [1.29, 1.82) is 0 Å². The van der Waals surface area contributed by atoms with Crippen LogP contribution in [-0.2, 0) is 22.0 Å². The van der Waals surface area contributed by atoms with E-state index in [-0.39, 0.29) is 47.7 Å². The fourth-order valence-corrected chi connectivity index (χ4v) is 5.64. The van der Waals surface area contributed by atoms with Gasteiger partial charge in [0.05, 0.1) is 0 Å². The Kier molecular flexibility index (Phi) is 10.6. The molecule has 3 rings (SSSR count). The summed E-state index contributed by atoms with van der Waals surface area (Å²) in [7, 11) is -0.749. The Morgan fingerprint density at radius 2 is 2.03 bits per heavy atom. The minimum Gasteiger partial charge on any atom is -0.357 e. The van der Waals surface area contributed by atoms with E-state index in [9.17, 15) is 9.00 Å². The van der Waals surface area contributed by atoms with Crippen molar-refractivity contribution >= 4 is 52.3 Å². The molecule has 1 fully saturated rings. The number of rotatable bonds is 6. The summed E-state index contributed by atoms with van der Waals surface area (Å²) in [4.78, 5) is 19.3. The molecule has 1 aromatic rings. The third-order valence-electron chi connectivity index (χ3n) is 5.75. The van der Waals surface area contributed by atoms with Crippen LogP contribution in [0.1, 0.15) is 51.5 Å². The molecule has 2 N–H and O–H groups in total. The number of carbonyl (C=O) groups is 1. The first-order chi connectivity index (χ1) is 14.1. The highest BCUT2D eigenvalue weighted by Crippen LogP contribution is 2.26. The molecule has 1 aromatic carbocycles. The molecular weight excluding hydrogens is 511 g/mol. The SMILES string of the molecule is CCNC(=NCC(=O)N1CCCc2ccccc21)NC1CCCC(S(=O)CC)C1.I. The summed E-state index contributed by atoms with van der Waals surface area (Å²) in [6.45, 7) is 5.63. The van der Waals surface area contributed by atoms with Gasteiger partial charge in [0, 0.05) is 46.6 Å². The van der Waals surface area contributed by atoms with Crippen molar-refractivity contribution in [2.45, 2.75) is 63.7 Å². The number of nitrogens with zero attached hydrogens (tertiary/aromatic N) is 2. The van der Waals surface area contributed by atoms with Gasteiger partial charge in [0.2, 0.25) is 5.91 Å². The summed E-state index contributed by atoms with van der Waals surface area (Å²) in [6.07, 6.45) is 6.09. The zero-order chi connectivity index (χ0) is 20.6. The lowest BCUT2D eigenvalue weighted by atomic mass is 9.95. The van der Waals surface area contributed by atoms with Crippen molar-refractivity contribution in [1.82, 2.24) is 10.6 Å². The highest BCUT2D eigenvalue weighted by Gasteiger charge is 2.26. The third kappa shape index (κ3) is 6.67. The number of hydrogen-bond acceptors (Lipinski definition) is 3. The summed E-state index contributed by atoms with van der Waals surface area (Å²) in [5.41, 5.74) is 2.26. The second-order valence-corrected chi connectivity index (χ2v) is 9.78. The van der Waals surface area contributed by atoms with Crippen LogP contribution in [0.4, 0.5) is 5.69 Å². The summed E-state index contributed by atoms with van der Waals surface area (Å²) in [5.74, 6) is 1.43. The van der Waals surface area contributed by atoms with Gasteiger partial charge in [-0.25, -0.2) is 4.99 Å². The lowest BCUT2D eigenvalue weighted by Crippen LogP contribution is -2.47. The van der Waals surface area contributed by atoms with Gasteiger partial charge in [0.1, 0.15) is 6.54 Å². The molecule has 30 heavy (non-hydrogen) atoms. The van der Waals surface area contributed by atoms with Gasteiger partial charge in [0.25, 0.3) is 0 Å². The average Bonchev–Trinajstić information content (AvgIpc) is 2.76.